The lowest BCUT2D eigenvalue weighted by Crippen LogP contribution is -2.34. The Morgan fingerprint density at radius 1 is 1.43 bits per heavy atom. The van der Waals surface area contributed by atoms with Gasteiger partial charge in [0.15, 0.2) is 0 Å². The van der Waals surface area contributed by atoms with Crippen molar-refractivity contribution >= 4 is 41.7 Å². The van der Waals surface area contributed by atoms with Crippen molar-refractivity contribution in [2.45, 2.75) is 31.2 Å². The van der Waals surface area contributed by atoms with Crippen LogP contribution >= 0.6 is 24.2 Å². The highest BCUT2D eigenvalue weighted by Crippen LogP contribution is 2.29. The topological polar surface area (TPSA) is 75.4 Å². The number of carbonyl (C=O) groups is 2. The zero-order chi connectivity index (χ0) is 16.3. The molecule has 1 saturated heterocycles. The van der Waals surface area contributed by atoms with Crippen molar-refractivity contribution < 1.29 is 9.59 Å². The van der Waals surface area contributed by atoms with Crippen LogP contribution < -0.4 is 11.1 Å². The third kappa shape index (κ3) is 4.62. The number of nitrogens with one attached hydrogen (secondary N) is 1. The Morgan fingerprint density at radius 2 is 2.13 bits per heavy atom. The lowest BCUT2D eigenvalue weighted by molar-refractivity contribution is -0.114. The van der Waals surface area contributed by atoms with E-state index in [1.807, 2.05) is 17.2 Å². The Bertz CT molecular complexity index is 582. The number of halogens is 1. The maximum Gasteiger partial charge on any atom is 0.254 e. The molecule has 0 aliphatic carbocycles. The smallest absolute Gasteiger partial charge is 0.254 e. The SMILES string of the molecule is CSc1cc(C(=O)N2CC(CN)CC2C)ccc1NC(C)=O.Cl. The van der Waals surface area contributed by atoms with E-state index in [0.29, 0.717) is 18.0 Å². The predicted octanol–water partition coefficient (Wildman–Crippen LogP) is 2.60. The van der Waals surface area contributed by atoms with Gasteiger partial charge in [0.25, 0.3) is 5.91 Å². The van der Waals surface area contributed by atoms with E-state index in [1.54, 1.807) is 12.1 Å². The van der Waals surface area contributed by atoms with Gasteiger partial charge in [-0.25, -0.2) is 0 Å². The molecule has 1 aromatic rings. The van der Waals surface area contributed by atoms with Gasteiger partial charge in [0.05, 0.1) is 5.69 Å². The van der Waals surface area contributed by atoms with Crippen LogP contribution in [0.2, 0.25) is 0 Å². The molecule has 1 aromatic carbocycles. The number of anilines is 1. The zero-order valence-electron chi connectivity index (χ0n) is 13.7. The van der Waals surface area contributed by atoms with Gasteiger partial charge in [-0.3, -0.25) is 9.59 Å². The van der Waals surface area contributed by atoms with E-state index in [9.17, 15) is 9.59 Å². The van der Waals surface area contributed by atoms with Gasteiger partial charge in [0, 0.05) is 30.0 Å². The first-order valence-corrected chi connectivity index (χ1v) is 8.65. The first-order chi connectivity index (χ1) is 10.5. The van der Waals surface area contributed by atoms with Crippen LogP contribution in [0.25, 0.3) is 0 Å². The number of nitrogens with zero attached hydrogens (tertiary/aromatic N) is 1. The minimum atomic E-state index is -0.117. The van der Waals surface area contributed by atoms with E-state index >= 15 is 0 Å². The molecule has 23 heavy (non-hydrogen) atoms. The standard InChI is InChI=1S/C16H23N3O2S.ClH/c1-10-6-12(8-17)9-19(10)16(21)13-4-5-14(18-11(2)20)15(7-13)22-3;/h4-5,7,10,12H,6,8-9,17H2,1-3H3,(H,18,20);1H. The molecule has 0 saturated carbocycles. The Labute approximate surface area is 147 Å². The van der Waals surface area contributed by atoms with Crippen molar-refractivity contribution in [3.05, 3.63) is 23.8 Å². The molecule has 1 aliphatic rings. The molecular formula is C16H24ClN3O2S. The van der Waals surface area contributed by atoms with Gasteiger partial charge >= 0.3 is 0 Å². The van der Waals surface area contributed by atoms with Crippen LogP contribution in [0.1, 0.15) is 30.6 Å². The second kappa shape index (κ2) is 8.57. The second-order valence-electron chi connectivity index (χ2n) is 5.74. The van der Waals surface area contributed by atoms with Crippen LogP contribution in [-0.4, -0.2) is 42.1 Å². The Morgan fingerprint density at radius 3 is 2.65 bits per heavy atom. The minimum absolute atomic E-state index is 0. The van der Waals surface area contributed by atoms with Crippen molar-refractivity contribution in [1.29, 1.82) is 0 Å². The maximum atomic E-state index is 12.7. The summed E-state index contributed by atoms with van der Waals surface area (Å²) in [4.78, 5) is 26.7. The minimum Gasteiger partial charge on any atom is -0.336 e. The molecule has 128 valence electrons. The summed E-state index contributed by atoms with van der Waals surface area (Å²) in [6.07, 6.45) is 2.89. The number of hydrogen-bond donors (Lipinski definition) is 2. The van der Waals surface area contributed by atoms with Crippen LogP contribution in [0.15, 0.2) is 23.1 Å². The summed E-state index contributed by atoms with van der Waals surface area (Å²) in [6, 6.07) is 5.63. The first kappa shape index (κ1) is 19.8. The van der Waals surface area contributed by atoms with E-state index < -0.39 is 0 Å². The summed E-state index contributed by atoms with van der Waals surface area (Å²) >= 11 is 1.51. The van der Waals surface area contributed by atoms with Gasteiger partial charge in [-0.1, -0.05) is 0 Å². The first-order valence-electron chi connectivity index (χ1n) is 7.43. The van der Waals surface area contributed by atoms with Gasteiger partial charge in [-0.05, 0) is 50.3 Å². The molecule has 7 heteroatoms. The van der Waals surface area contributed by atoms with Crippen LogP contribution in [-0.2, 0) is 4.79 Å². The number of thioether (sulfide) groups is 1. The molecule has 1 heterocycles. The number of benzene rings is 1. The van der Waals surface area contributed by atoms with Crippen molar-refractivity contribution in [3.8, 4) is 0 Å². The lowest BCUT2D eigenvalue weighted by Gasteiger charge is -2.22. The van der Waals surface area contributed by atoms with Crippen molar-refractivity contribution in [1.82, 2.24) is 4.90 Å². The van der Waals surface area contributed by atoms with E-state index in [-0.39, 0.29) is 30.3 Å². The summed E-state index contributed by atoms with van der Waals surface area (Å²) in [5.74, 6) is 0.305. The monoisotopic (exact) mass is 357 g/mol. The molecule has 2 unspecified atom stereocenters. The average Bonchev–Trinajstić information content (AvgIpc) is 2.87. The van der Waals surface area contributed by atoms with E-state index in [2.05, 4.69) is 12.2 Å². The molecule has 3 N–H and O–H groups in total. The quantitative estimate of drug-likeness (QED) is 0.812. The Balaban J connectivity index is 0.00000264. The fourth-order valence-corrected chi connectivity index (χ4v) is 3.46. The van der Waals surface area contributed by atoms with E-state index in [0.717, 1.165) is 23.5 Å². The molecular weight excluding hydrogens is 334 g/mol. The molecule has 0 bridgehead atoms. The van der Waals surface area contributed by atoms with Gasteiger partial charge in [-0.2, -0.15) is 0 Å². The average molecular weight is 358 g/mol. The summed E-state index contributed by atoms with van der Waals surface area (Å²) in [7, 11) is 0. The second-order valence-corrected chi connectivity index (χ2v) is 6.59. The summed E-state index contributed by atoms with van der Waals surface area (Å²) in [5, 5.41) is 2.78. The van der Waals surface area contributed by atoms with E-state index in [1.165, 1.54) is 18.7 Å². The molecule has 2 atom stereocenters. The van der Waals surface area contributed by atoms with Gasteiger partial charge in [0.1, 0.15) is 0 Å². The predicted molar refractivity (Wildman–Crippen MR) is 97.4 cm³/mol. The molecule has 2 amide bonds. The van der Waals surface area contributed by atoms with Crippen molar-refractivity contribution in [2.24, 2.45) is 11.7 Å². The number of amides is 2. The fraction of sp³-hybridized carbons (Fsp3) is 0.500. The van der Waals surface area contributed by atoms with Crippen LogP contribution in [0.4, 0.5) is 5.69 Å². The Kier molecular flexibility index (Phi) is 7.38. The number of nitrogens with two attached hydrogens (primary N) is 1. The third-order valence-electron chi connectivity index (χ3n) is 4.01. The van der Waals surface area contributed by atoms with Crippen LogP contribution in [0.3, 0.4) is 0 Å². The number of rotatable bonds is 4. The highest BCUT2D eigenvalue weighted by atomic mass is 35.5. The molecule has 0 aromatic heterocycles. The summed E-state index contributed by atoms with van der Waals surface area (Å²) < 4.78 is 0. The van der Waals surface area contributed by atoms with Gasteiger partial charge < -0.3 is 16.0 Å². The molecule has 1 aliphatic heterocycles. The largest absolute Gasteiger partial charge is 0.336 e. The molecule has 0 spiro atoms. The summed E-state index contributed by atoms with van der Waals surface area (Å²) in [6.45, 7) is 4.88. The van der Waals surface area contributed by atoms with Crippen molar-refractivity contribution in [3.63, 3.8) is 0 Å². The Hall–Kier alpha value is -1.24. The van der Waals surface area contributed by atoms with Crippen LogP contribution in [0, 0.1) is 5.92 Å². The molecule has 5 nitrogen and oxygen atoms in total. The summed E-state index contributed by atoms with van der Waals surface area (Å²) in [5.41, 5.74) is 7.12. The van der Waals surface area contributed by atoms with Crippen LogP contribution in [0.5, 0.6) is 0 Å². The normalized spacial score (nSPS) is 20.1. The number of likely N-dealkylation sites (tertiary alicyclic amines) is 1. The number of hydrogen-bond acceptors (Lipinski definition) is 4. The van der Waals surface area contributed by atoms with Gasteiger partial charge in [-0.15, -0.1) is 24.2 Å². The van der Waals surface area contributed by atoms with Gasteiger partial charge in [0.2, 0.25) is 5.91 Å². The fourth-order valence-electron chi connectivity index (χ4n) is 2.88. The number of carbonyl (C=O) groups excluding carboxylic acids is 2. The lowest BCUT2D eigenvalue weighted by atomic mass is 10.1. The van der Waals surface area contributed by atoms with Crippen molar-refractivity contribution in [2.75, 3.05) is 24.7 Å². The molecule has 2 rings (SSSR count). The highest BCUT2D eigenvalue weighted by Gasteiger charge is 2.32. The molecule has 1 fully saturated rings. The molecule has 0 radical (unpaired) electrons. The maximum absolute atomic E-state index is 12.7. The van der Waals surface area contributed by atoms with E-state index in [4.69, 9.17) is 5.73 Å². The third-order valence-corrected chi connectivity index (χ3v) is 4.79. The highest BCUT2D eigenvalue weighted by molar-refractivity contribution is 7.98. The zero-order valence-corrected chi connectivity index (χ0v) is 15.3.